The van der Waals surface area contributed by atoms with Crippen molar-refractivity contribution in [1.29, 1.82) is 0 Å². The maximum atomic E-state index is 11.8. The molecule has 0 atom stereocenters. The zero-order valence-electron chi connectivity index (χ0n) is 12.2. The molecule has 0 fully saturated rings. The van der Waals surface area contributed by atoms with Crippen LogP contribution in [0.3, 0.4) is 0 Å². The Morgan fingerprint density at radius 1 is 0.941 bits per heavy atom. The third-order valence-corrected chi connectivity index (χ3v) is 4.15. The topological polar surface area (TPSA) is 43.4 Å². The summed E-state index contributed by atoms with van der Waals surface area (Å²) in [5.41, 5.74) is -0.0185. The van der Waals surface area contributed by atoms with E-state index in [1.165, 1.54) is 0 Å². The van der Waals surface area contributed by atoms with Crippen molar-refractivity contribution in [2.75, 3.05) is 24.7 Å². The molecular weight excluding hydrogens is 236 g/mol. The molecule has 4 heteroatoms. The van der Waals surface area contributed by atoms with E-state index in [1.54, 1.807) is 0 Å². The van der Waals surface area contributed by atoms with Crippen LogP contribution in [0.25, 0.3) is 0 Å². The number of hydrogen-bond donors (Lipinski definition) is 0. The molecule has 0 radical (unpaired) electrons. The molecule has 0 aliphatic carbocycles. The molecule has 17 heavy (non-hydrogen) atoms. The van der Waals surface area contributed by atoms with Crippen LogP contribution in [0.1, 0.15) is 48.0 Å². The first kappa shape index (κ1) is 16.9. The molecule has 0 bridgehead atoms. The van der Waals surface area contributed by atoms with Crippen molar-refractivity contribution in [2.45, 2.75) is 48.0 Å². The van der Waals surface area contributed by atoms with Crippen molar-refractivity contribution >= 4 is 9.84 Å². The van der Waals surface area contributed by atoms with Gasteiger partial charge in [0.15, 0.2) is 9.84 Å². The maximum Gasteiger partial charge on any atom is 0.150 e. The first-order valence-corrected chi connectivity index (χ1v) is 8.02. The Kier molecular flexibility index (Phi) is 6.15. The molecule has 0 N–H and O–H groups in total. The maximum absolute atomic E-state index is 11.8. The highest BCUT2D eigenvalue weighted by atomic mass is 32.2. The standard InChI is InChI=1S/C13H28O3S/c1-12(2,3)10-16-8-7-9-17(14,15)11-13(4,5)6/h7-11H2,1-6H3. The third kappa shape index (κ3) is 12.2. The van der Waals surface area contributed by atoms with Gasteiger partial charge in [0.2, 0.25) is 0 Å². The van der Waals surface area contributed by atoms with Crippen LogP contribution in [0.15, 0.2) is 0 Å². The van der Waals surface area contributed by atoms with Crippen LogP contribution in [0.4, 0.5) is 0 Å². The monoisotopic (exact) mass is 264 g/mol. The van der Waals surface area contributed by atoms with Crippen LogP contribution in [-0.2, 0) is 14.6 Å². The number of ether oxygens (including phenoxy) is 1. The lowest BCUT2D eigenvalue weighted by molar-refractivity contribution is 0.0720. The predicted molar refractivity (Wildman–Crippen MR) is 73.0 cm³/mol. The zero-order chi connectivity index (χ0) is 13.7. The molecule has 0 rings (SSSR count). The Morgan fingerprint density at radius 3 is 1.88 bits per heavy atom. The van der Waals surface area contributed by atoms with E-state index in [2.05, 4.69) is 20.8 Å². The Morgan fingerprint density at radius 2 is 1.47 bits per heavy atom. The minimum Gasteiger partial charge on any atom is -0.381 e. The van der Waals surface area contributed by atoms with Crippen LogP contribution >= 0.6 is 0 Å². The molecule has 3 nitrogen and oxygen atoms in total. The molecule has 0 aliphatic rings. The molecule has 0 saturated carbocycles. The van der Waals surface area contributed by atoms with E-state index >= 15 is 0 Å². The van der Waals surface area contributed by atoms with E-state index in [4.69, 9.17) is 4.74 Å². The molecule has 0 amide bonds. The minimum atomic E-state index is -2.94. The van der Waals surface area contributed by atoms with E-state index < -0.39 is 9.84 Å². The van der Waals surface area contributed by atoms with E-state index in [-0.39, 0.29) is 22.3 Å². The fraction of sp³-hybridized carbons (Fsp3) is 1.00. The predicted octanol–water partition coefficient (Wildman–Crippen LogP) is 2.90. The lowest BCUT2D eigenvalue weighted by atomic mass is 9.99. The molecule has 0 aromatic heterocycles. The van der Waals surface area contributed by atoms with E-state index in [0.29, 0.717) is 19.6 Å². The van der Waals surface area contributed by atoms with Crippen LogP contribution < -0.4 is 0 Å². The highest BCUT2D eigenvalue weighted by molar-refractivity contribution is 7.91. The van der Waals surface area contributed by atoms with Gasteiger partial charge in [0.05, 0.1) is 18.1 Å². The summed E-state index contributed by atoms with van der Waals surface area (Å²) in [4.78, 5) is 0. The summed E-state index contributed by atoms with van der Waals surface area (Å²) in [6.07, 6.45) is 0.592. The number of sulfone groups is 1. The van der Waals surface area contributed by atoms with Gasteiger partial charge in [0, 0.05) is 6.61 Å². The number of rotatable bonds is 6. The molecular formula is C13H28O3S. The van der Waals surface area contributed by atoms with E-state index in [0.717, 1.165) is 0 Å². The second kappa shape index (κ2) is 6.19. The second-order valence-electron chi connectivity index (χ2n) is 7.12. The van der Waals surface area contributed by atoms with Gasteiger partial charge in [0.1, 0.15) is 0 Å². The van der Waals surface area contributed by atoms with Crippen LogP contribution in [0.2, 0.25) is 0 Å². The van der Waals surface area contributed by atoms with Crippen molar-refractivity contribution in [3.63, 3.8) is 0 Å². The lowest BCUT2D eigenvalue weighted by Crippen LogP contribution is -2.24. The van der Waals surface area contributed by atoms with Gasteiger partial charge in [-0.3, -0.25) is 0 Å². The third-order valence-electron chi connectivity index (χ3n) is 1.93. The molecule has 0 heterocycles. The van der Waals surface area contributed by atoms with Gasteiger partial charge in [-0.15, -0.1) is 0 Å². The van der Waals surface area contributed by atoms with Crippen LogP contribution in [-0.4, -0.2) is 33.1 Å². The Bertz CT molecular complexity index is 305. The first-order chi connectivity index (χ1) is 7.41. The fourth-order valence-electron chi connectivity index (χ4n) is 1.49. The summed E-state index contributed by atoms with van der Waals surface area (Å²) in [6, 6.07) is 0. The Hall–Kier alpha value is -0.0900. The molecule has 0 aliphatic heterocycles. The normalized spacial score (nSPS) is 14.0. The van der Waals surface area contributed by atoms with Gasteiger partial charge < -0.3 is 4.74 Å². The minimum absolute atomic E-state index is 0.143. The largest absolute Gasteiger partial charge is 0.381 e. The SMILES string of the molecule is CC(C)(C)COCCCS(=O)(=O)CC(C)(C)C. The van der Waals surface area contributed by atoms with E-state index in [9.17, 15) is 8.42 Å². The van der Waals surface area contributed by atoms with Gasteiger partial charge in [0.25, 0.3) is 0 Å². The molecule has 0 spiro atoms. The summed E-state index contributed by atoms with van der Waals surface area (Å²) in [5.74, 6) is 0.480. The quantitative estimate of drug-likeness (QED) is 0.693. The average molecular weight is 264 g/mol. The summed E-state index contributed by atoms with van der Waals surface area (Å²) in [5, 5.41) is 0. The summed E-state index contributed by atoms with van der Waals surface area (Å²) < 4.78 is 29.0. The molecule has 0 aromatic rings. The van der Waals surface area contributed by atoms with Gasteiger partial charge in [-0.1, -0.05) is 41.5 Å². The van der Waals surface area contributed by atoms with Crippen molar-refractivity contribution in [2.24, 2.45) is 10.8 Å². The summed E-state index contributed by atoms with van der Waals surface area (Å²) in [7, 11) is -2.94. The molecule has 104 valence electrons. The van der Waals surface area contributed by atoms with Crippen molar-refractivity contribution < 1.29 is 13.2 Å². The van der Waals surface area contributed by atoms with Gasteiger partial charge >= 0.3 is 0 Å². The van der Waals surface area contributed by atoms with Crippen molar-refractivity contribution in [3.8, 4) is 0 Å². The van der Waals surface area contributed by atoms with Crippen LogP contribution in [0.5, 0.6) is 0 Å². The van der Waals surface area contributed by atoms with Gasteiger partial charge in [-0.05, 0) is 17.3 Å². The number of hydrogen-bond acceptors (Lipinski definition) is 3. The Labute approximate surface area is 107 Å². The van der Waals surface area contributed by atoms with E-state index in [1.807, 2.05) is 20.8 Å². The first-order valence-electron chi connectivity index (χ1n) is 6.20. The van der Waals surface area contributed by atoms with Gasteiger partial charge in [-0.2, -0.15) is 0 Å². The molecule has 0 unspecified atom stereocenters. The highest BCUT2D eigenvalue weighted by Crippen LogP contribution is 2.17. The van der Waals surface area contributed by atoms with Crippen molar-refractivity contribution in [3.05, 3.63) is 0 Å². The summed E-state index contributed by atoms with van der Waals surface area (Å²) >= 11 is 0. The average Bonchev–Trinajstić information content (AvgIpc) is 1.95. The van der Waals surface area contributed by atoms with Gasteiger partial charge in [-0.25, -0.2) is 8.42 Å². The second-order valence-corrected chi connectivity index (χ2v) is 9.30. The smallest absolute Gasteiger partial charge is 0.150 e. The zero-order valence-corrected chi connectivity index (χ0v) is 13.0. The lowest BCUT2D eigenvalue weighted by Gasteiger charge is -2.19. The molecule has 0 aromatic carbocycles. The van der Waals surface area contributed by atoms with Crippen LogP contribution in [0, 0.1) is 10.8 Å². The van der Waals surface area contributed by atoms with Crippen molar-refractivity contribution in [1.82, 2.24) is 0 Å². The fourth-order valence-corrected chi connectivity index (χ4v) is 3.51. The Balaban J connectivity index is 3.82. The summed E-state index contributed by atoms with van der Waals surface area (Å²) in [6.45, 7) is 13.3. The highest BCUT2D eigenvalue weighted by Gasteiger charge is 2.21. The molecule has 0 saturated heterocycles.